The molecule has 0 aliphatic rings. The molecule has 0 spiro atoms. The van der Waals surface area contributed by atoms with E-state index in [1.807, 2.05) is 30.3 Å². The van der Waals surface area contributed by atoms with Gasteiger partial charge in [0.1, 0.15) is 16.1 Å². The van der Waals surface area contributed by atoms with Gasteiger partial charge in [-0.1, -0.05) is 48.5 Å². The molecule has 0 radical (unpaired) electrons. The summed E-state index contributed by atoms with van der Waals surface area (Å²) in [5.41, 5.74) is -1.01. The number of nitrogens with zero attached hydrogens (tertiary/aromatic N) is 1. The Labute approximate surface area is 183 Å². The molecule has 0 fully saturated rings. The molecule has 3 rings (SSSR count). The van der Waals surface area contributed by atoms with Gasteiger partial charge in [0.2, 0.25) is 15.8 Å². The number of carbonyl (C=O) groups excluding carboxylic acids is 1. The van der Waals surface area contributed by atoms with E-state index < -0.39 is 36.9 Å². The molecule has 0 unspecified atom stereocenters. The first-order chi connectivity index (χ1) is 14.8. The lowest BCUT2D eigenvalue weighted by molar-refractivity contribution is -0.384. The molecule has 0 atom stereocenters. The van der Waals surface area contributed by atoms with Crippen LogP contribution in [0.5, 0.6) is 0 Å². The number of ketones is 1. The SMILES string of the molecule is NS(=O)(=O)c1ccc(NCCSc2ccccc2)c([N+](=O)[O-])c1C(=O)c1ccccc1. The van der Waals surface area contributed by atoms with Gasteiger partial charge in [0.05, 0.1) is 4.92 Å². The van der Waals surface area contributed by atoms with Crippen molar-refractivity contribution in [2.45, 2.75) is 9.79 Å². The molecule has 0 saturated heterocycles. The summed E-state index contributed by atoms with van der Waals surface area (Å²) >= 11 is 1.55. The lowest BCUT2D eigenvalue weighted by Gasteiger charge is -2.13. The van der Waals surface area contributed by atoms with Gasteiger partial charge in [-0.25, -0.2) is 13.6 Å². The normalized spacial score (nSPS) is 11.1. The number of thioether (sulfide) groups is 1. The first kappa shape index (κ1) is 22.5. The fraction of sp³-hybridized carbons (Fsp3) is 0.0952. The molecular weight excluding hydrogens is 438 g/mol. The average Bonchev–Trinajstić information content (AvgIpc) is 2.76. The summed E-state index contributed by atoms with van der Waals surface area (Å²) in [6, 6.07) is 19.7. The van der Waals surface area contributed by atoms with Gasteiger partial charge in [-0.05, 0) is 24.3 Å². The van der Waals surface area contributed by atoms with Gasteiger partial charge in [-0.15, -0.1) is 11.8 Å². The fourth-order valence-electron chi connectivity index (χ4n) is 2.97. The maximum absolute atomic E-state index is 13.0. The van der Waals surface area contributed by atoms with Crippen LogP contribution in [0, 0.1) is 10.1 Å². The Balaban J connectivity index is 1.97. The van der Waals surface area contributed by atoms with Crippen molar-refractivity contribution in [2.24, 2.45) is 5.14 Å². The second-order valence-corrected chi connectivity index (χ2v) is 9.12. The van der Waals surface area contributed by atoms with Gasteiger partial charge in [-0.3, -0.25) is 14.9 Å². The number of sulfonamides is 1. The van der Waals surface area contributed by atoms with Gasteiger partial charge in [0, 0.05) is 22.8 Å². The molecule has 0 amide bonds. The molecule has 8 nitrogen and oxygen atoms in total. The van der Waals surface area contributed by atoms with E-state index in [1.54, 1.807) is 30.0 Å². The number of primary sulfonamides is 1. The maximum atomic E-state index is 13.0. The largest absolute Gasteiger partial charge is 0.379 e. The van der Waals surface area contributed by atoms with Crippen LogP contribution in [0.25, 0.3) is 0 Å². The zero-order chi connectivity index (χ0) is 22.4. The second-order valence-electron chi connectivity index (χ2n) is 6.42. The number of nitrogens with two attached hydrogens (primary N) is 1. The summed E-state index contributed by atoms with van der Waals surface area (Å²) in [5, 5.41) is 20.1. The second kappa shape index (κ2) is 9.73. The Bertz CT molecular complexity index is 1200. The molecule has 0 aromatic heterocycles. The monoisotopic (exact) mass is 457 g/mol. The van der Waals surface area contributed by atoms with Crippen LogP contribution in [0.15, 0.2) is 82.6 Å². The summed E-state index contributed by atoms with van der Waals surface area (Å²) in [6.45, 7) is 0.355. The molecule has 3 aromatic rings. The van der Waals surface area contributed by atoms with Crippen LogP contribution in [0.4, 0.5) is 11.4 Å². The number of anilines is 1. The van der Waals surface area contributed by atoms with Crippen LogP contribution in [0.3, 0.4) is 0 Å². The maximum Gasteiger partial charge on any atom is 0.304 e. The summed E-state index contributed by atoms with van der Waals surface area (Å²) in [7, 11) is -4.38. The quantitative estimate of drug-likeness (QED) is 0.165. The van der Waals surface area contributed by atoms with E-state index in [1.165, 1.54) is 18.2 Å². The number of hydrogen-bond acceptors (Lipinski definition) is 7. The number of nitro benzene ring substituents is 1. The van der Waals surface area contributed by atoms with Gasteiger partial charge in [0.25, 0.3) is 0 Å². The van der Waals surface area contributed by atoms with Crippen LogP contribution in [0.2, 0.25) is 0 Å². The Morgan fingerprint density at radius 3 is 2.19 bits per heavy atom. The molecule has 160 valence electrons. The Hall–Kier alpha value is -3.21. The highest BCUT2D eigenvalue weighted by molar-refractivity contribution is 7.99. The van der Waals surface area contributed by atoms with Crippen molar-refractivity contribution in [1.82, 2.24) is 0 Å². The van der Waals surface area contributed by atoms with Gasteiger partial charge >= 0.3 is 5.69 Å². The van der Waals surface area contributed by atoms with Crippen LogP contribution >= 0.6 is 11.8 Å². The third kappa shape index (κ3) is 5.48. The lowest BCUT2D eigenvalue weighted by atomic mass is 10.0. The number of nitro groups is 1. The minimum Gasteiger partial charge on any atom is -0.379 e. The molecule has 10 heteroatoms. The van der Waals surface area contributed by atoms with Crippen molar-refractivity contribution >= 4 is 38.9 Å². The molecule has 0 aliphatic carbocycles. The highest BCUT2D eigenvalue weighted by Crippen LogP contribution is 2.35. The number of hydrogen-bond donors (Lipinski definition) is 2. The highest BCUT2D eigenvalue weighted by Gasteiger charge is 2.32. The number of benzene rings is 3. The van der Waals surface area contributed by atoms with Crippen LogP contribution in [-0.4, -0.2) is 31.4 Å². The molecule has 0 bridgehead atoms. The van der Waals surface area contributed by atoms with E-state index in [9.17, 15) is 23.3 Å². The van der Waals surface area contributed by atoms with Crippen molar-refractivity contribution < 1.29 is 18.1 Å². The third-order valence-electron chi connectivity index (χ3n) is 4.32. The van der Waals surface area contributed by atoms with E-state index in [0.717, 1.165) is 11.0 Å². The molecule has 3 N–H and O–H groups in total. The lowest BCUT2D eigenvalue weighted by Crippen LogP contribution is -2.20. The molecule has 0 saturated carbocycles. The van der Waals surface area contributed by atoms with Crippen molar-refractivity contribution in [1.29, 1.82) is 0 Å². The summed E-state index contributed by atoms with van der Waals surface area (Å²) in [6.07, 6.45) is 0. The van der Waals surface area contributed by atoms with Gasteiger partial charge in [-0.2, -0.15) is 0 Å². The zero-order valence-corrected chi connectivity index (χ0v) is 17.9. The Morgan fingerprint density at radius 1 is 1.00 bits per heavy atom. The topological polar surface area (TPSA) is 132 Å². The van der Waals surface area contributed by atoms with E-state index in [4.69, 9.17) is 5.14 Å². The van der Waals surface area contributed by atoms with Crippen molar-refractivity contribution in [3.63, 3.8) is 0 Å². The standard InChI is InChI=1S/C21H19N3O5S2/c22-31(28,29)18-12-11-17(23-13-14-30-16-9-5-2-6-10-16)20(24(26)27)19(18)21(25)15-7-3-1-4-8-15/h1-12,23H,13-14H2,(H2,22,28,29). The summed E-state index contributed by atoms with van der Waals surface area (Å²) in [4.78, 5) is 24.6. The van der Waals surface area contributed by atoms with Crippen LogP contribution in [-0.2, 0) is 10.0 Å². The van der Waals surface area contributed by atoms with E-state index in [-0.39, 0.29) is 11.3 Å². The predicted octanol–water partition coefficient (Wildman–Crippen LogP) is 3.68. The van der Waals surface area contributed by atoms with Crippen molar-refractivity contribution in [2.75, 3.05) is 17.6 Å². The smallest absolute Gasteiger partial charge is 0.304 e. The fourth-order valence-corrected chi connectivity index (χ4v) is 4.49. The van der Waals surface area contributed by atoms with Crippen LogP contribution in [0.1, 0.15) is 15.9 Å². The van der Waals surface area contributed by atoms with Crippen LogP contribution < -0.4 is 10.5 Å². The van der Waals surface area contributed by atoms with E-state index in [2.05, 4.69) is 5.32 Å². The molecular formula is C21H19N3O5S2. The zero-order valence-electron chi connectivity index (χ0n) is 16.2. The molecule has 0 heterocycles. The van der Waals surface area contributed by atoms with Gasteiger partial charge in [0.15, 0.2) is 0 Å². The Morgan fingerprint density at radius 2 is 1.61 bits per heavy atom. The predicted molar refractivity (Wildman–Crippen MR) is 120 cm³/mol. The number of nitrogens with one attached hydrogen (secondary N) is 1. The first-order valence-corrected chi connectivity index (χ1v) is 11.7. The minimum atomic E-state index is -4.38. The van der Waals surface area contributed by atoms with E-state index >= 15 is 0 Å². The first-order valence-electron chi connectivity index (χ1n) is 9.14. The molecule has 3 aromatic carbocycles. The molecule has 0 aliphatic heterocycles. The third-order valence-corrected chi connectivity index (χ3v) is 6.29. The summed E-state index contributed by atoms with van der Waals surface area (Å²) in [5.74, 6) is -0.196. The van der Waals surface area contributed by atoms with Crippen molar-refractivity contribution in [3.05, 3.63) is 94.0 Å². The van der Waals surface area contributed by atoms with Gasteiger partial charge < -0.3 is 5.32 Å². The minimum absolute atomic E-state index is 0.0466. The highest BCUT2D eigenvalue weighted by atomic mass is 32.2. The van der Waals surface area contributed by atoms with Crippen molar-refractivity contribution in [3.8, 4) is 0 Å². The number of carbonyl (C=O) groups is 1. The average molecular weight is 458 g/mol. The Kier molecular flexibility index (Phi) is 7.06. The van der Waals surface area contributed by atoms with E-state index in [0.29, 0.717) is 12.3 Å². The number of rotatable bonds is 9. The molecule has 31 heavy (non-hydrogen) atoms. The summed E-state index contributed by atoms with van der Waals surface area (Å²) < 4.78 is 24.1.